The third-order valence-corrected chi connectivity index (χ3v) is 5.72. The largest absolute Gasteiger partial charge is 0.504 e. The Morgan fingerprint density at radius 2 is 1.39 bits per heavy atom. The van der Waals surface area contributed by atoms with Gasteiger partial charge in [-0.05, 0) is 42.7 Å². The number of hydrogen-bond acceptors (Lipinski definition) is 5. The number of H-pyrrole nitrogens is 1. The molecule has 0 saturated heterocycles. The van der Waals surface area contributed by atoms with Crippen LogP contribution in [0, 0.1) is 0 Å². The molecule has 2 aromatic carbocycles. The first-order valence-corrected chi connectivity index (χ1v) is 11.1. The van der Waals surface area contributed by atoms with E-state index in [0.717, 1.165) is 18.4 Å². The normalized spacial score (nSPS) is 11.3. The summed E-state index contributed by atoms with van der Waals surface area (Å²) in [5, 5.41) is 39.9. The molecule has 0 amide bonds. The summed E-state index contributed by atoms with van der Waals surface area (Å²) >= 11 is 0. The number of nitrogens with one attached hydrogen (secondary N) is 1. The minimum atomic E-state index is -0.654. The molecule has 1 heterocycles. The van der Waals surface area contributed by atoms with Crippen LogP contribution in [0.5, 0.6) is 23.0 Å². The molecular formula is C25H31NO5. The first-order valence-electron chi connectivity index (χ1n) is 11.1. The van der Waals surface area contributed by atoms with Gasteiger partial charge in [0, 0.05) is 10.9 Å². The number of phenols is 3. The number of aromatic nitrogens is 1. The van der Waals surface area contributed by atoms with Crippen LogP contribution < -0.4 is 5.43 Å². The van der Waals surface area contributed by atoms with E-state index in [1.165, 1.54) is 57.1 Å². The number of unbranched alkanes of at least 4 members (excludes halogenated alkanes) is 7. The molecule has 0 radical (unpaired) electrons. The van der Waals surface area contributed by atoms with Crippen molar-refractivity contribution in [1.29, 1.82) is 0 Å². The summed E-state index contributed by atoms with van der Waals surface area (Å²) in [6.07, 6.45) is 10.9. The number of fused-ring (bicyclic) bond motifs is 1. The maximum absolute atomic E-state index is 12.6. The molecule has 0 saturated carbocycles. The number of rotatable bonds is 10. The molecule has 0 aliphatic rings. The highest BCUT2D eigenvalue weighted by Gasteiger charge is 2.16. The predicted octanol–water partition coefficient (Wildman–Crippen LogP) is 5.70. The number of hydrogen-bond donors (Lipinski definition) is 5. The van der Waals surface area contributed by atoms with E-state index in [0.29, 0.717) is 10.9 Å². The van der Waals surface area contributed by atoms with E-state index in [4.69, 9.17) is 0 Å². The lowest BCUT2D eigenvalue weighted by atomic mass is 10.0. The molecule has 166 valence electrons. The van der Waals surface area contributed by atoms with E-state index in [1.54, 1.807) is 6.07 Å². The van der Waals surface area contributed by atoms with Gasteiger partial charge in [-0.1, -0.05) is 57.9 Å². The summed E-state index contributed by atoms with van der Waals surface area (Å²) in [7, 11) is 0. The zero-order valence-corrected chi connectivity index (χ0v) is 17.9. The third kappa shape index (κ3) is 5.32. The molecule has 0 fully saturated rings. The van der Waals surface area contributed by atoms with Gasteiger partial charge in [-0.15, -0.1) is 0 Å². The van der Waals surface area contributed by atoms with Crippen molar-refractivity contribution in [2.75, 3.05) is 0 Å². The Morgan fingerprint density at radius 1 is 0.774 bits per heavy atom. The lowest BCUT2D eigenvalue weighted by Crippen LogP contribution is -2.05. The summed E-state index contributed by atoms with van der Waals surface area (Å²) in [6.45, 7) is 2.22. The van der Waals surface area contributed by atoms with Crippen LogP contribution in [0.4, 0.5) is 0 Å². The lowest BCUT2D eigenvalue weighted by molar-refractivity contribution is 0.368. The van der Waals surface area contributed by atoms with Crippen molar-refractivity contribution >= 4 is 10.9 Å². The second-order valence-electron chi connectivity index (χ2n) is 8.15. The van der Waals surface area contributed by atoms with Crippen molar-refractivity contribution in [2.24, 2.45) is 0 Å². The minimum Gasteiger partial charge on any atom is -0.504 e. The molecular weight excluding hydrogens is 394 g/mol. The van der Waals surface area contributed by atoms with Gasteiger partial charge in [0.2, 0.25) is 5.43 Å². The number of aryl methyl sites for hydroxylation is 1. The van der Waals surface area contributed by atoms with Crippen molar-refractivity contribution in [3.63, 3.8) is 0 Å². The van der Waals surface area contributed by atoms with E-state index >= 15 is 0 Å². The smallest absolute Gasteiger partial charge is 0.231 e. The zero-order valence-electron chi connectivity index (χ0n) is 17.9. The average Bonchev–Trinajstić information content (AvgIpc) is 2.76. The number of aromatic amines is 1. The highest BCUT2D eigenvalue weighted by molar-refractivity contribution is 5.85. The molecule has 1 aromatic heterocycles. The monoisotopic (exact) mass is 425 g/mol. The first kappa shape index (κ1) is 22.5. The van der Waals surface area contributed by atoms with Crippen LogP contribution in [0.2, 0.25) is 0 Å². The van der Waals surface area contributed by atoms with E-state index in [1.807, 2.05) is 12.1 Å². The molecule has 3 aromatic rings. The molecule has 0 spiro atoms. The summed E-state index contributed by atoms with van der Waals surface area (Å²) in [5.41, 5.74) is 1.41. The average molecular weight is 426 g/mol. The van der Waals surface area contributed by atoms with E-state index in [2.05, 4.69) is 11.9 Å². The van der Waals surface area contributed by atoms with Gasteiger partial charge < -0.3 is 25.4 Å². The SMILES string of the molecule is CCCCCCCCCCc1ccc2c(=O)c(O)c(-c3cc(O)c(O)c(O)c3)[nH]c2c1. The Bertz CT molecular complexity index is 1080. The van der Waals surface area contributed by atoms with Crippen molar-refractivity contribution in [2.45, 2.75) is 64.7 Å². The van der Waals surface area contributed by atoms with Crippen LogP contribution in [0.1, 0.15) is 63.9 Å². The standard InChI is InChI=1S/C25H31NO5/c1-2-3-4-5-6-7-8-9-10-16-11-12-18-19(13-16)26-22(25(31)23(18)29)17-14-20(27)24(30)21(28)15-17/h11-15,27-28,30-31H,2-10H2,1H3,(H,26,29). The summed E-state index contributed by atoms with van der Waals surface area (Å²) in [5.74, 6) is -2.25. The molecule has 0 aliphatic heterocycles. The number of phenolic OH excluding ortho intramolecular Hbond substituents is 3. The second kappa shape index (κ2) is 10.2. The molecule has 31 heavy (non-hydrogen) atoms. The van der Waals surface area contributed by atoms with Crippen molar-refractivity contribution in [3.05, 3.63) is 46.1 Å². The first-order chi connectivity index (χ1) is 14.9. The summed E-state index contributed by atoms with van der Waals surface area (Å²) in [6, 6.07) is 7.88. The fraction of sp³-hybridized carbons (Fsp3) is 0.400. The molecule has 6 nitrogen and oxygen atoms in total. The Hall–Kier alpha value is -3.15. The molecule has 0 atom stereocenters. The van der Waals surface area contributed by atoms with Crippen LogP contribution in [-0.4, -0.2) is 25.4 Å². The fourth-order valence-corrected chi connectivity index (χ4v) is 3.90. The van der Waals surface area contributed by atoms with Gasteiger partial charge in [0.1, 0.15) is 0 Å². The third-order valence-electron chi connectivity index (χ3n) is 5.72. The Balaban J connectivity index is 1.76. The van der Waals surface area contributed by atoms with Gasteiger partial charge in [-0.25, -0.2) is 0 Å². The van der Waals surface area contributed by atoms with Crippen LogP contribution in [-0.2, 0) is 6.42 Å². The van der Waals surface area contributed by atoms with Gasteiger partial charge in [0.25, 0.3) is 0 Å². The Kier molecular flexibility index (Phi) is 7.45. The minimum absolute atomic E-state index is 0.0762. The van der Waals surface area contributed by atoms with Gasteiger partial charge >= 0.3 is 0 Å². The number of benzene rings is 2. The van der Waals surface area contributed by atoms with Crippen molar-refractivity contribution in [3.8, 4) is 34.3 Å². The van der Waals surface area contributed by atoms with Crippen LogP contribution >= 0.6 is 0 Å². The zero-order chi connectivity index (χ0) is 22.4. The Labute approximate surface area is 181 Å². The van der Waals surface area contributed by atoms with Gasteiger partial charge in [0.15, 0.2) is 23.0 Å². The van der Waals surface area contributed by atoms with E-state index < -0.39 is 28.4 Å². The van der Waals surface area contributed by atoms with Crippen molar-refractivity contribution in [1.82, 2.24) is 4.98 Å². The van der Waals surface area contributed by atoms with Crippen molar-refractivity contribution < 1.29 is 20.4 Å². The molecule has 6 heteroatoms. The van der Waals surface area contributed by atoms with E-state index in [-0.39, 0.29) is 11.3 Å². The quantitative estimate of drug-likeness (QED) is 0.211. The maximum Gasteiger partial charge on any atom is 0.231 e. The van der Waals surface area contributed by atoms with Gasteiger partial charge in [-0.2, -0.15) is 0 Å². The number of pyridine rings is 1. The van der Waals surface area contributed by atoms with E-state index in [9.17, 15) is 25.2 Å². The van der Waals surface area contributed by atoms with Gasteiger partial charge in [-0.3, -0.25) is 4.79 Å². The van der Waals surface area contributed by atoms with Crippen LogP contribution in [0.25, 0.3) is 22.2 Å². The Morgan fingerprint density at radius 3 is 2.03 bits per heavy atom. The maximum atomic E-state index is 12.6. The number of aromatic hydroxyl groups is 4. The molecule has 0 bridgehead atoms. The summed E-state index contributed by atoms with van der Waals surface area (Å²) < 4.78 is 0. The summed E-state index contributed by atoms with van der Waals surface area (Å²) in [4.78, 5) is 15.7. The molecule has 5 N–H and O–H groups in total. The second-order valence-corrected chi connectivity index (χ2v) is 8.15. The predicted molar refractivity (Wildman–Crippen MR) is 123 cm³/mol. The molecule has 0 unspecified atom stereocenters. The highest BCUT2D eigenvalue weighted by Crippen LogP contribution is 2.40. The molecule has 0 aliphatic carbocycles. The molecule has 3 rings (SSSR count). The fourth-order valence-electron chi connectivity index (χ4n) is 3.90. The highest BCUT2D eigenvalue weighted by atomic mass is 16.3. The lowest BCUT2D eigenvalue weighted by Gasteiger charge is -2.11. The van der Waals surface area contributed by atoms with Crippen LogP contribution in [0.3, 0.4) is 0 Å². The topological polar surface area (TPSA) is 114 Å². The van der Waals surface area contributed by atoms with Crippen LogP contribution in [0.15, 0.2) is 35.1 Å². The van der Waals surface area contributed by atoms with Gasteiger partial charge in [0.05, 0.1) is 11.2 Å².